The van der Waals surface area contributed by atoms with E-state index in [1.807, 2.05) is 36.5 Å². The van der Waals surface area contributed by atoms with Gasteiger partial charge in [-0.05, 0) is 38.0 Å². The van der Waals surface area contributed by atoms with E-state index >= 15 is 0 Å². The summed E-state index contributed by atoms with van der Waals surface area (Å²) in [7, 11) is 1.74. The van der Waals surface area contributed by atoms with E-state index in [1.54, 1.807) is 7.11 Å². The van der Waals surface area contributed by atoms with Crippen LogP contribution in [0.3, 0.4) is 0 Å². The van der Waals surface area contributed by atoms with Crippen molar-refractivity contribution in [3.8, 4) is 5.75 Å². The number of guanidine groups is 1. The minimum absolute atomic E-state index is 0. The van der Waals surface area contributed by atoms with Crippen LogP contribution in [0.15, 0.2) is 53.7 Å². The van der Waals surface area contributed by atoms with Crippen LogP contribution in [-0.2, 0) is 11.8 Å². The first-order valence-electron chi connectivity index (χ1n) is 9.33. The van der Waals surface area contributed by atoms with Crippen LogP contribution in [-0.4, -0.2) is 37.7 Å². The fourth-order valence-corrected chi connectivity index (χ4v) is 3.17. The maximum absolute atomic E-state index is 5.55. The number of nitrogens with zero attached hydrogens (tertiary/aromatic N) is 2. The highest BCUT2D eigenvalue weighted by Crippen LogP contribution is 2.51. The zero-order chi connectivity index (χ0) is 18.2. The first-order chi connectivity index (χ1) is 12.8. The van der Waals surface area contributed by atoms with Crippen molar-refractivity contribution in [1.29, 1.82) is 0 Å². The van der Waals surface area contributed by atoms with Crippen molar-refractivity contribution in [3.63, 3.8) is 0 Å². The molecule has 1 aliphatic rings. The molecule has 146 valence electrons. The molecule has 1 aromatic carbocycles. The fourth-order valence-electron chi connectivity index (χ4n) is 3.17. The lowest BCUT2D eigenvalue weighted by Gasteiger charge is -2.18. The van der Waals surface area contributed by atoms with Gasteiger partial charge in [0, 0.05) is 42.4 Å². The van der Waals surface area contributed by atoms with Crippen molar-refractivity contribution >= 4 is 29.9 Å². The minimum atomic E-state index is 0. The van der Waals surface area contributed by atoms with Gasteiger partial charge in [-0.3, -0.25) is 9.98 Å². The topological polar surface area (TPSA) is 58.5 Å². The summed E-state index contributed by atoms with van der Waals surface area (Å²) in [5, 5.41) is 6.75. The van der Waals surface area contributed by atoms with Crippen molar-refractivity contribution in [1.82, 2.24) is 15.6 Å². The zero-order valence-electron chi connectivity index (χ0n) is 16.1. The Labute approximate surface area is 179 Å². The molecule has 0 aliphatic heterocycles. The Morgan fingerprint density at radius 2 is 1.93 bits per heavy atom. The van der Waals surface area contributed by atoms with E-state index in [4.69, 9.17) is 9.73 Å². The predicted octanol–water partition coefficient (Wildman–Crippen LogP) is 3.54. The zero-order valence-corrected chi connectivity index (χ0v) is 18.4. The van der Waals surface area contributed by atoms with Gasteiger partial charge in [0.2, 0.25) is 0 Å². The number of benzene rings is 1. The van der Waals surface area contributed by atoms with Crippen LogP contribution in [0.5, 0.6) is 5.75 Å². The second-order valence-electron chi connectivity index (χ2n) is 6.67. The van der Waals surface area contributed by atoms with Crippen molar-refractivity contribution in [2.45, 2.75) is 31.6 Å². The molecular formula is C21H29IN4O. The quantitative estimate of drug-likeness (QED) is 0.345. The van der Waals surface area contributed by atoms with E-state index in [2.05, 4.69) is 34.7 Å². The van der Waals surface area contributed by atoms with E-state index in [-0.39, 0.29) is 29.4 Å². The van der Waals surface area contributed by atoms with Gasteiger partial charge in [0.1, 0.15) is 5.75 Å². The molecular weight excluding hydrogens is 451 g/mol. The molecule has 6 heteroatoms. The van der Waals surface area contributed by atoms with Crippen molar-refractivity contribution in [3.05, 3.63) is 59.9 Å². The van der Waals surface area contributed by atoms with Crippen LogP contribution >= 0.6 is 24.0 Å². The van der Waals surface area contributed by atoms with E-state index < -0.39 is 0 Å². The standard InChI is InChI=1S/C21H28N4O.HI/c1-3-22-20(24-15-11-17-8-6-7-14-23-17)25-16-21(12-13-21)18-9-4-5-10-19(18)26-2;/h4-10,14H,3,11-13,15-16H2,1-2H3,(H2,22,24,25);1H. The third-order valence-electron chi connectivity index (χ3n) is 4.82. The number of pyridine rings is 1. The molecule has 0 spiro atoms. The van der Waals surface area contributed by atoms with Crippen LogP contribution in [0, 0.1) is 0 Å². The lowest BCUT2D eigenvalue weighted by Crippen LogP contribution is -2.39. The molecule has 0 radical (unpaired) electrons. The summed E-state index contributed by atoms with van der Waals surface area (Å²) in [6.45, 7) is 4.51. The number of rotatable bonds is 8. The average Bonchev–Trinajstić information content (AvgIpc) is 3.48. The monoisotopic (exact) mass is 480 g/mol. The molecule has 0 saturated heterocycles. The number of aromatic nitrogens is 1. The molecule has 0 unspecified atom stereocenters. The van der Waals surface area contributed by atoms with E-state index in [9.17, 15) is 0 Å². The summed E-state index contributed by atoms with van der Waals surface area (Å²) >= 11 is 0. The third kappa shape index (κ3) is 5.82. The van der Waals surface area contributed by atoms with Crippen LogP contribution < -0.4 is 15.4 Å². The van der Waals surface area contributed by atoms with Gasteiger partial charge in [-0.1, -0.05) is 24.3 Å². The van der Waals surface area contributed by atoms with Crippen LogP contribution in [0.25, 0.3) is 0 Å². The normalized spacial score (nSPS) is 14.8. The SMILES string of the molecule is CCNC(=NCC1(c2ccccc2OC)CC1)NCCc1ccccn1.I. The Balaban J connectivity index is 0.00000261. The highest BCUT2D eigenvalue weighted by molar-refractivity contribution is 14.0. The van der Waals surface area contributed by atoms with E-state index in [0.29, 0.717) is 0 Å². The molecule has 1 saturated carbocycles. The number of ether oxygens (including phenoxy) is 1. The van der Waals surface area contributed by atoms with Gasteiger partial charge < -0.3 is 15.4 Å². The van der Waals surface area contributed by atoms with Crippen molar-refractivity contribution in [2.24, 2.45) is 4.99 Å². The van der Waals surface area contributed by atoms with E-state index in [0.717, 1.165) is 56.3 Å². The number of para-hydroxylation sites is 1. The second-order valence-corrected chi connectivity index (χ2v) is 6.67. The minimum Gasteiger partial charge on any atom is -0.496 e. The van der Waals surface area contributed by atoms with Crippen LogP contribution in [0.4, 0.5) is 0 Å². The van der Waals surface area contributed by atoms with Gasteiger partial charge in [-0.2, -0.15) is 0 Å². The maximum Gasteiger partial charge on any atom is 0.191 e. The number of hydrogen-bond acceptors (Lipinski definition) is 3. The summed E-state index contributed by atoms with van der Waals surface area (Å²) < 4.78 is 5.55. The molecule has 1 heterocycles. The van der Waals surface area contributed by atoms with Crippen molar-refractivity contribution < 1.29 is 4.74 Å². The Kier molecular flexibility index (Phi) is 8.34. The average molecular weight is 480 g/mol. The molecule has 3 rings (SSSR count). The van der Waals surface area contributed by atoms with Gasteiger partial charge >= 0.3 is 0 Å². The third-order valence-corrected chi connectivity index (χ3v) is 4.82. The number of nitrogens with one attached hydrogen (secondary N) is 2. The van der Waals surface area contributed by atoms with Gasteiger partial charge in [-0.15, -0.1) is 24.0 Å². The summed E-state index contributed by atoms with van der Waals surface area (Å²) in [5.74, 6) is 1.83. The molecule has 2 aromatic rings. The smallest absolute Gasteiger partial charge is 0.191 e. The molecule has 1 aromatic heterocycles. The predicted molar refractivity (Wildman–Crippen MR) is 121 cm³/mol. The van der Waals surface area contributed by atoms with Gasteiger partial charge in [-0.25, -0.2) is 0 Å². The molecule has 0 amide bonds. The number of methoxy groups -OCH3 is 1. The Hall–Kier alpha value is -1.83. The first-order valence-corrected chi connectivity index (χ1v) is 9.33. The largest absolute Gasteiger partial charge is 0.496 e. The first kappa shape index (κ1) is 21.5. The van der Waals surface area contributed by atoms with Gasteiger partial charge in [0.25, 0.3) is 0 Å². The second kappa shape index (κ2) is 10.5. The maximum atomic E-state index is 5.55. The van der Waals surface area contributed by atoms with Gasteiger partial charge in [0.15, 0.2) is 5.96 Å². The Bertz CT molecular complexity index is 732. The lowest BCUT2D eigenvalue weighted by molar-refractivity contribution is 0.404. The summed E-state index contributed by atoms with van der Waals surface area (Å²) in [6.07, 6.45) is 5.02. The Morgan fingerprint density at radius 1 is 1.15 bits per heavy atom. The highest BCUT2D eigenvalue weighted by Gasteiger charge is 2.46. The Morgan fingerprint density at radius 3 is 2.59 bits per heavy atom. The molecule has 1 aliphatic carbocycles. The molecule has 5 nitrogen and oxygen atoms in total. The van der Waals surface area contributed by atoms with Crippen LogP contribution in [0.2, 0.25) is 0 Å². The molecule has 1 fully saturated rings. The van der Waals surface area contributed by atoms with Crippen molar-refractivity contribution in [2.75, 3.05) is 26.7 Å². The number of hydrogen-bond donors (Lipinski definition) is 2. The molecule has 2 N–H and O–H groups in total. The van der Waals surface area contributed by atoms with E-state index in [1.165, 1.54) is 5.56 Å². The molecule has 0 bridgehead atoms. The number of aliphatic imine (C=N–C) groups is 1. The number of halogens is 1. The lowest BCUT2D eigenvalue weighted by atomic mass is 9.95. The van der Waals surface area contributed by atoms with Gasteiger partial charge in [0.05, 0.1) is 13.7 Å². The molecule has 0 atom stereocenters. The summed E-state index contributed by atoms with van der Waals surface area (Å²) in [6, 6.07) is 14.3. The van der Waals surface area contributed by atoms with Crippen LogP contribution in [0.1, 0.15) is 31.0 Å². The summed E-state index contributed by atoms with van der Waals surface area (Å²) in [4.78, 5) is 9.21. The summed E-state index contributed by atoms with van der Waals surface area (Å²) in [5.41, 5.74) is 2.48. The fraction of sp³-hybridized carbons (Fsp3) is 0.429. The highest BCUT2D eigenvalue weighted by atomic mass is 127. The molecule has 27 heavy (non-hydrogen) atoms.